The van der Waals surface area contributed by atoms with Gasteiger partial charge in [0.05, 0.1) is 13.7 Å². The van der Waals surface area contributed by atoms with Gasteiger partial charge in [0.15, 0.2) is 0 Å². The van der Waals surface area contributed by atoms with E-state index >= 15 is 0 Å². The van der Waals surface area contributed by atoms with Gasteiger partial charge in [0.25, 0.3) is 0 Å². The molecule has 0 fully saturated rings. The predicted molar refractivity (Wildman–Crippen MR) is 77.2 cm³/mol. The highest BCUT2D eigenvalue weighted by atomic mass is 16.5. The molecular formula is C16H19NO2. The van der Waals surface area contributed by atoms with Crippen molar-refractivity contribution >= 4 is 0 Å². The molecule has 2 aromatic rings. The van der Waals surface area contributed by atoms with Crippen LogP contribution in [0.4, 0.5) is 0 Å². The van der Waals surface area contributed by atoms with Gasteiger partial charge in [0, 0.05) is 6.04 Å². The van der Waals surface area contributed by atoms with Crippen LogP contribution in [0.5, 0.6) is 5.75 Å². The zero-order valence-corrected chi connectivity index (χ0v) is 11.0. The second-order valence-corrected chi connectivity index (χ2v) is 4.58. The van der Waals surface area contributed by atoms with E-state index in [4.69, 9.17) is 15.6 Å². The zero-order valence-electron chi connectivity index (χ0n) is 11.0. The molecule has 1 atom stereocenters. The van der Waals surface area contributed by atoms with Crippen LogP contribution in [-0.4, -0.2) is 24.9 Å². The van der Waals surface area contributed by atoms with E-state index in [1.165, 1.54) is 0 Å². The summed E-state index contributed by atoms with van der Waals surface area (Å²) in [4.78, 5) is 0. The third-order valence-corrected chi connectivity index (χ3v) is 3.09. The van der Waals surface area contributed by atoms with Crippen LogP contribution in [0.25, 0.3) is 11.1 Å². The zero-order chi connectivity index (χ0) is 13.7. The summed E-state index contributed by atoms with van der Waals surface area (Å²) in [5.41, 5.74) is 9.12. The van der Waals surface area contributed by atoms with E-state index in [1.807, 2.05) is 30.3 Å². The second-order valence-electron chi connectivity index (χ2n) is 4.58. The number of nitrogens with two attached hydrogens (primary N) is 1. The van der Waals surface area contributed by atoms with Crippen molar-refractivity contribution in [1.82, 2.24) is 0 Å². The minimum absolute atomic E-state index is 0.0115. The first-order valence-electron chi connectivity index (χ1n) is 6.32. The van der Waals surface area contributed by atoms with E-state index in [2.05, 4.69) is 18.2 Å². The Morgan fingerprint density at radius 3 is 2.47 bits per heavy atom. The van der Waals surface area contributed by atoms with E-state index < -0.39 is 0 Å². The molecule has 100 valence electrons. The van der Waals surface area contributed by atoms with Gasteiger partial charge in [0.2, 0.25) is 0 Å². The molecule has 0 aliphatic heterocycles. The third kappa shape index (κ3) is 3.56. The highest BCUT2D eigenvalue weighted by Crippen LogP contribution is 2.24. The fourth-order valence-corrected chi connectivity index (χ4v) is 2.00. The van der Waals surface area contributed by atoms with Crippen molar-refractivity contribution in [2.24, 2.45) is 5.73 Å². The number of hydrogen-bond acceptors (Lipinski definition) is 3. The van der Waals surface area contributed by atoms with Gasteiger partial charge in [-0.25, -0.2) is 0 Å². The number of hydrogen-bond donors (Lipinski definition) is 2. The fourth-order valence-electron chi connectivity index (χ4n) is 2.00. The first-order valence-corrected chi connectivity index (χ1v) is 6.32. The van der Waals surface area contributed by atoms with Crippen LogP contribution in [0.1, 0.15) is 5.56 Å². The van der Waals surface area contributed by atoms with Crippen molar-refractivity contribution in [2.45, 2.75) is 12.5 Å². The summed E-state index contributed by atoms with van der Waals surface area (Å²) in [5, 5.41) is 8.95. The van der Waals surface area contributed by atoms with Crippen molar-refractivity contribution < 1.29 is 9.84 Å². The minimum atomic E-state index is -0.192. The topological polar surface area (TPSA) is 55.5 Å². The second kappa shape index (κ2) is 6.36. The van der Waals surface area contributed by atoms with Gasteiger partial charge in [0.1, 0.15) is 5.75 Å². The molecule has 0 heterocycles. The monoisotopic (exact) mass is 257 g/mol. The third-order valence-electron chi connectivity index (χ3n) is 3.09. The average Bonchev–Trinajstić information content (AvgIpc) is 2.48. The standard InChI is InChI=1S/C16H19NO2/c1-19-16-4-2-3-14(10-16)13-7-5-12(6-8-13)9-15(17)11-18/h2-8,10,15,18H,9,11,17H2,1H3. The molecule has 3 nitrogen and oxygen atoms in total. The van der Waals surface area contributed by atoms with E-state index in [-0.39, 0.29) is 12.6 Å². The van der Waals surface area contributed by atoms with Crippen LogP contribution in [0.15, 0.2) is 48.5 Å². The van der Waals surface area contributed by atoms with Crippen molar-refractivity contribution in [1.29, 1.82) is 0 Å². The van der Waals surface area contributed by atoms with E-state index in [1.54, 1.807) is 7.11 Å². The lowest BCUT2D eigenvalue weighted by Crippen LogP contribution is -2.26. The summed E-state index contributed by atoms with van der Waals surface area (Å²) in [6.45, 7) is 0.0115. The van der Waals surface area contributed by atoms with Gasteiger partial charge in [-0.05, 0) is 35.2 Å². The summed E-state index contributed by atoms with van der Waals surface area (Å²) in [7, 11) is 1.67. The molecule has 19 heavy (non-hydrogen) atoms. The molecular weight excluding hydrogens is 238 g/mol. The van der Waals surface area contributed by atoms with Crippen LogP contribution in [0, 0.1) is 0 Å². The number of aliphatic hydroxyl groups excluding tert-OH is 1. The molecule has 0 aromatic heterocycles. The van der Waals surface area contributed by atoms with Crippen molar-refractivity contribution in [3.63, 3.8) is 0 Å². The number of benzene rings is 2. The summed E-state index contributed by atoms with van der Waals surface area (Å²) in [6, 6.07) is 16.0. The molecule has 0 amide bonds. The van der Waals surface area contributed by atoms with E-state index in [0.29, 0.717) is 6.42 Å². The Balaban J connectivity index is 2.17. The Labute approximate surface area is 113 Å². The lowest BCUT2D eigenvalue weighted by atomic mass is 10.0. The fraction of sp³-hybridized carbons (Fsp3) is 0.250. The van der Waals surface area contributed by atoms with Crippen molar-refractivity contribution in [2.75, 3.05) is 13.7 Å². The maximum absolute atomic E-state index is 8.95. The molecule has 0 bridgehead atoms. The molecule has 0 aliphatic rings. The van der Waals surface area contributed by atoms with Gasteiger partial charge in [-0.2, -0.15) is 0 Å². The Morgan fingerprint density at radius 1 is 1.11 bits per heavy atom. The highest BCUT2D eigenvalue weighted by molar-refractivity contribution is 5.65. The molecule has 1 unspecified atom stereocenters. The number of rotatable bonds is 5. The first-order chi connectivity index (χ1) is 9.22. The SMILES string of the molecule is COc1cccc(-c2ccc(CC(N)CO)cc2)c1. The summed E-state index contributed by atoms with van der Waals surface area (Å²) >= 11 is 0. The molecule has 0 saturated carbocycles. The largest absolute Gasteiger partial charge is 0.497 e. The van der Waals surface area contributed by atoms with Crippen LogP contribution < -0.4 is 10.5 Å². The van der Waals surface area contributed by atoms with Gasteiger partial charge < -0.3 is 15.6 Å². The van der Waals surface area contributed by atoms with Crippen LogP contribution in [0.3, 0.4) is 0 Å². The Morgan fingerprint density at radius 2 is 1.84 bits per heavy atom. The smallest absolute Gasteiger partial charge is 0.119 e. The van der Waals surface area contributed by atoms with E-state index in [0.717, 1.165) is 22.4 Å². The van der Waals surface area contributed by atoms with Crippen molar-refractivity contribution in [3.05, 3.63) is 54.1 Å². The molecule has 0 radical (unpaired) electrons. The minimum Gasteiger partial charge on any atom is -0.497 e. The lowest BCUT2D eigenvalue weighted by molar-refractivity contribution is 0.265. The maximum Gasteiger partial charge on any atom is 0.119 e. The highest BCUT2D eigenvalue weighted by Gasteiger charge is 2.03. The molecule has 3 heteroatoms. The maximum atomic E-state index is 8.95. The van der Waals surface area contributed by atoms with Crippen LogP contribution in [0.2, 0.25) is 0 Å². The molecule has 0 aliphatic carbocycles. The van der Waals surface area contributed by atoms with Gasteiger partial charge in [-0.15, -0.1) is 0 Å². The normalized spacial score (nSPS) is 12.2. The number of aliphatic hydroxyl groups is 1. The first kappa shape index (κ1) is 13.6. The van der Waals surface area contributed by atoms with Crippen LogP contribution >= 0.6 is 0 Å². The summed E-state index contributed by atoms with van der Waals surface area (Å²) in [5.74, 6) is 0.851. The van der Waals surface area contributed by atoms with E-state index in [9.17, 15) is 0 Å². The van der Waals surface area contributed by atoms with Gasteiger partial charge >= 0.3 is 0 Å². The van der Waals surface area contributed by atoms with Crippen molar-refractivity contribution in [3.8, 4) is 16.9 Å². The quantitative estimate of drug-likeness (QED) is 0.863. The average molecular weight is 257 g/mol. The van der Waals surface area contributed by atoms with Crippen LogP contribution in [-0.2, 0) is 6.42 Å². The lowest BCUT2D eigenvalue weighted by Gasteiger charge is -2.09. The molecule has 3 N–H and O–H groups in total. The van der Waals surface area contributed by atoms with Gasteiger partial charge in [-0.1, -0.05) is 36.4 Å². The Hall–Kier alpha value is -1.84. The number of methoxy groups -OCH3 is 1. The number of ether oxygens (including phenoxy) is 1. The Bertz CT molecular complexity index is 523. The molecule has 0 saturated heterocycles. The van der Waals surface area contributed by atoms with Gasteiger partial charge in [-0.3, -0.25) is 0 Å². The molecule has 0 spiro atoms. The summed E-state index contributed by atoms with van der Waals surface area (Å²) in [6.07, 6.45) is 0.689. The summed E-state index contributed by atoms with van der Waals surface area (Å²) < 4.78 is 5.22. The Kier molecular flexibility index (Phi) is 4.55. The molecule has 2 aromatic carbocycles. The predicted octanol–water partition coefficient (Wildman–Crippen LogP) is 2.22. The molecule has 2 rings (SSSR count).